The molecule has 7 heteroatoms. The molecule has 1 aliphatic rings. The summed E-state index contributed by atoms with van der Waals surface area (Å²) in [6.07, 6.45) is 5.47. The number of carbonyl (C=O) groups excluding carboxylic acids is 1. The highest BCUT2D eigenvalue weighted by Crippen LogP contribution is 2.25. The lowest BCUT2D eigenvalue weighted by atomic mass is 9.92. The topological polar surface area (TPSA) is 62.5 Å². The van der Waals surface area contributed by atoms with E-state index < -0.39 is 5.92 Å². The van der Waals surface area contributed by atoms with Crippen LogP contribution in [0.15, 0.2) is 65.5 Å². The Bertz CT molecular complexity index is 892. The van der Waals surface area contributed by atoms with Crippen LogP contribution >= 0.6 is 0 Å². The molecule has 1 fully saturated rings. The van der Waals surface area contributed by atoms with Crippen LogP contribution in [-0.4, -0.2) is 47.0 Å². The summed E-state index contributed by atoms with van der Waals surface area (Å²) in [5.74, 6) is 0.714. The second-order valence-electron chi connectivity index (χ2n) is 6.75. The molecule has 1 aliphatic heterocycles. The highest BCUT2D eigenvalue weighted by Gasteiger charge is 2.30. The van der Waals surface area contributed by atoms with Gasteiger partial charge in [-0.05, 0) is 35.9 Å². The Labute approximate surface area is 162 Å². The van der Waals surface area contributed by atoms with Crippen molar-refractivity contribution in [3.05, 3.63) is 78.3 Å². The first-order valence-corrected chi connectivity index (χ1v) is 9.29. The van der Waals surface area contributed by atoms with Crippen molar-refractivity contribution in [3.8, 4) is 0 Å². The molecule has 1 atom stereocenters. The maximum absolute atomic E-state index is 13.4. The summed E-state index contributed by atoms with van der Waals surface area (Å²) in [6.45, 7) is 2.53. The Hall–Kier alpha value is -3.22. The molecule has 3 aromatic rings. The first-order chi connectivity index (χ1) is 13.7. The van der Waals surface area contributed by atoms with Crippen molar-refractivity contribution in [1.29, 1.82) is 0 Å². The van der Waals surface area contributed by atoms with Crippen molar-refractivity contribution in [2.75, 3.05) is 31.1 Å². The number of amides is 1. The van der Waals surface area contributed by atoms with E-state index in [2.05, 4.69) is 14.9 Å². The molecule has 0 aliphatic carbocycles. The minimum absolute atomic E-state index is 0.0247. The number of carbonyl (C=O) groups is 1. The summed E-state index contributed by atoms with van der Waals surface area (Å²) in [6, 6.07) is 11.6. The standard InChI is InChI=1S/C21H21FN4O2/c22-17-6-4-16(5-7-17)19(15-18-3-1-14-28-18)20(27)25-10-12-26(13-11-25)21-23-8-2-9-24-21/h1-9,14,19H,10-13,15H2. The number of furan rings is 1. The molecule has 3 heterocycles. The zero-order valence-corrected chi connectivity index (χ0v) is 15.4. The highest BCUT2D eigenvalue weighted by atomic mass is 19.1. The Morgan fingerprint density at radius 2 is 1.75 bits per heavy atom. The molecule has 4 rings (SSSR count). The van der Waals surface area contributed by atoms with Gasteiger partial charge in [-0.15, -0.1) is 0 Å². The molecule has 1 aromatic carbocycles. The maximum atomic E-state index is 13.4. The molecular weight excluding hydrogens is 359 g/mol. The molecule has 28 heavy (non-hydrogen) atoms. The van der Waals surface area contributed by atoms with Crippen molar-refractivity contribution >= 4 is 11.9 Å². The Morgan fingerprint density at radius 1 is 1.04 bits per heavy atom. The van der Waals surface area contributed by atoms with Gasteiger partial charge in [0.25, 0.3) is 0 Å². The normalized spacial score (nSPS) is 15.5. The minimum Gasteiger partial charge on any atom is -0.469 e. The molecular formula is C21H21FN4O2. The van der Waals surface area contributed by atoms with Crippen molar-refractivity contribution in [1.82, 2.24) is 14.9 Å². The van der Waals surface area contributed by atoms with Gasteiger partial charge in [0.1, 0.15) is 11.6 Å². The molecule has 0 saturated carbocycles. The van der Waals surface area contributed by atoms with Gasteiger partial charge in [-0.1, -0.05) is 12.1 Å². The summed E-state index contributed by atoms with van der Waals surface area (Å²) in [4.78, 5) is 25.8. The summed E-state index contributed by atoms with van der Waals surface area (Å²) >= 11 is 0. The Morgan fingerprint density at radius 3 is 2.39 bits per heavy atom. The van der Waals surface area contributed by atoms with Gasteiger partial charge >= 0.3 is 0 Å². The van der Waals surface area contributed by atoms with E-state index in [0.29, 0.717) is 38.5 Å². The number of piperazine rings is 1. The predicted octanol–water partition coefficient (Wildman–Crippen LogP) is 2.88. The van der Waals surface area contributed by atoms with Crippen LogP contribution in [0.1, 0.15) is 17.2 Å². The number of rotatable bonds is 5. The Balaban J connectivity index is 1.48. The molecule has 0 bridgehead atoms. The molecule has 1 saturated heterocycles. The van der Waals surface area contributed by atoms with E-state index in [-0.39, 0.29) is 11.7 Å². The van der Waals surface area contributed by atoms with Gasteiger partial charge in [0.05, 0.1) is 12.2 Å². The molecule has 1 unspecified atom stereocenters. The summed E-state index contributed by atoms with van der Waals surface area (Å²) in [5.41, 5.74) is 0.789. The van der Waals surface area contributed by atoms with E-state index in [4.69, 9.17) is 4.42 Å². The van der Waals surface area contributed by atoms with Crippen molar-refractivity contribution in [2.45, 2.75) is 12.3 Å². The molecule has 0 spiro atoms. The van der Waals surface area contributed by atoms with E-state index in [9.17, 15) is 9.18 Å². The molecule has 1 amide bonds. The third-order valence-electron chi connectivity index (χ3n) is 4.98. The summed E-state index contributed by atoms with van der Waals surface area (Å²) in [5, 5.41) is 0. The van der Waals surface area contributed by atoms with Crippen LogP contribution in [-0.2, 0) is 11.2 Å². The fourth-order valence-electron chi connectivity index (χ4n) is 3.47. The smallest absolute Gasteiger partial charge is 0.230 e. The summed E-state index contributed by atoms with van der Waals surface area (Å²) in [7, 11) is 0. The van der Waals surface area contributed by atoms with E-state index in [1.807, 2.05) is 11.0 Å². The molecule has 6 nitrogen and oxygen atoms in total. The second-order valence-corrected chi connectivity index (χ2v) is 6.75. The first-order valence-electron chi connectivity index (χ1n) is 9.29. The van der Waals surface area contributed by atoms with Crippen LogP contribution in [0.5, 0.6) is 0 Å². The van der Waals surface area contributed by atoms with Gasteiger partial charge in [-0.3, -0.25) is 4.79 Å². The lowest BCUT2D eigenvalue weighted by Gasteiger charge is -2.36. The van der Waals surface area contributed by atoms with E-state index in [1.165, 1.54) is 12.1 Å². The number of nitrogens with zero attached hydrogens (tertiary/aromatic N) is 4. The SMILES string of the molecule is O=C(C(Cc1ccco1)c1ccc(F)cc1)N1CCN(c2ncccn2)CC1. The molecule has 144 valence electrons. The van der Waals surface area contributed by atoms with Crippen molar-refractivity contribution in [3.63, 3.8) is 0 Å². The fraction of sp³-hybridized carbons (Fsp3) is 0.286. The Kier molecular flexibility index (Phi) is 5.32. The van der Waals surface area contributed by atoms with Crippen LogP contribution in [0.25, 0.3) is 0 Å². The largest absolute Gasteiger partial charge is 0.469 e. The van der Waals surface area contributed by atoms with Crippen molar-refractivity contribution < 1.29 is 13.6 Å². The van der Waals surface area contributed by atoms with Crippen molar-refractivity contribution in [2.24, 2.45) is 0 Å². The van der Waals surface area contributed by atoms with Crippen LogP contribution in [0.3, 0.4) is 0 Å². The highest BCUT2D eigenvalue weighted by molar-refractivity contribution is 5.84. The zero-order chi connectivity index (χ0) is 19.3. The number of hydrogen-bond donors (Lipinski definition) is 0. The number of benzene rings is 1. The average molecular weight is 380 g/mol. The van der Waals surface area contributed by atoms with Crippen LogP contribution < -0.4 is 4.90 Å². The fourth-order valence-corrected chi connectivity index (χ4v) is 3.47. The zero-order valence-electron chi connectivity index (χ0n) is 15.4. The van der Waals surface area contributed by atoms with Gasteiger partial charge < -0.3 is 14.2 Å². The van der Waals surface area contributed by atoms with Gasteiger partial charge in [0.2, 0.25) is 11.9 Å². The van der Waals surface area contributed by atoms with Crippen LogP contribution in [0, 0.1) is 5.82 Å². The van der Waals surface area contributed by atoms with Crippen LogP contribution in [0.2, 0.25) is 0 Å². The quantitative estimate of drug-likeness (QED) is 0.681. The van der Waals surface area contributed by atoms with E-state index >= 15 is 0 Å². The van der Waals surface area contributed by atoms with Gasteiger partial charge in [0, 0.05) is 45.0 Å². The van der Waals surface area contributed by atoms with E-state index in [1.54, 1.807) is 42.9 Å². The first kappa shape index (κ1) is 18.2. The molecule has 0 N–H and O–H groups in total. The van der Waals surface area contributed by atoms with Gasteiger partial charge in [-0.25, -0.2) is 14.4 Å². The number of hydrogen-bond acceptors (Lipinski definition) is 5. The second kappa shape index (κ2) is 8.21. The monoisotopic (exact) mass is 380 g/mol. The van der Waals surface area contributed by atoms with Gasteiger partial charge in [0.15, 0.2) is 0 Å². The third-order valence-corrected chi connectivity index (χ3v) is 4.98. The third kappa shape index (κ3) is 4.03. The lowest BCUT2D eigenvalue weighted by Crippen LogP contribution is -2.50. The van der Waals surface area contributed by atoms with Gasteiger partial charge in [-0.2, -0.15) is 0 Å². The predicted molar refractivity (Wildman–Crippen MR) is 102 cm³/mol. The number of halogens is 1. The lowest BCUT2D eigenvalue weighted by molar-refractivity contribution is -0.133. The number of aromatic nitrogens is 2. The van der Waals surface area contributed by atoms with E-state index in [0.717, 1.165) is 11.3 Å². The average Bonchev–Trinajstić information content (AvgIpc) is 3.26. The summed E-state index contributed by atoms with van der Waals surface area (Å²) < 4.78 is 18.8. The minimum atomic E-state index is -0.411. The maximum Gasteiger partial charge on any atom is 0.230 e. The molecule has 2 aromatic heterocycles. The number of anilines is 1. The molecule has 0 radical (unpaired) electrons. The van der Waals surface area contributed by atoms with Crippen LogP contribution in [0.4, 0.5) is 10.3 Å².